The molecule has 1 aliphatic rings. The Hall–Kier alpha value is -0.340. The summed E-state index contributed by atoms with van der Waals surface area (Å²) in [5, 5.41) is 2.13. The molecule has 0 aromatic heterocycles. The highest BCUT2D eigenvalue weighted by molar-refractivity contribution is 7.90. The minimum absolute atomic E-state index is 0.102. The fraction of sp³-hybridized carbons (Fsp3) is 1.00. The minimum atomic E-state index is -4.38. The van der Waals surface area contributed by atoms with E-state index in [0.29, 0.717) is 6.54 Å². The molecule has 4 nitrogen and oxygen atoms in total. The van der Waals surface area contributed by atoms with E-state index in [2.05, 4.69) is 10.0 Å². The molecule has 0 radical (unpaired) electrons. The van der Waals surface area contributed by atoms with Crippen LogP contribution in [0, 0.1) is 5.92 Å². The summed E-state index contributed by atoms with van der Waals surface area (Å²) >= 11 is 0. The molecule has 1 rings (SSSR count). The lowest BCUT2D eigenvalue weighted by atomic mass is 9.95. The molecule has 0 aliphatic carbocycles. The molecule has 2 N–H and O–H groups in total. The van der Waals surface area contributed by atoms with Crippen LogP contribution in [-0.4, -0.2) is 39.0 Å². The van der Waals surface area contributed by atoms with Crippen molar-refractivity contribution in [2.45, 2.75) is 44.2 Å². The number of alkyl halides is 3. The Morgan fingerprint density at radius 1 is 1.22 bits per heavy atom. The number of halogens is 3. The van der Waals surface area contributed by atoms with Crippen molar-refractivity contribution in [1.82, 2.24) is 10.0 Å². The van der Waals surface area contributed by atoms with Crippen LogP contribution in [0.15, 0.2) is 0 Å². The normalized spacial score (nSPS) is 27.2. The van der Waals surface area contributed by atoms with Gasteiger partial charge >= 0.3 is 6.18 Å². The molecule has 0 bridgehead atoms. The Kier molecular flexibility index (Phi) is 5.02. The van der Waals surface area contributed by atoms with E-state index in [1.807, 2.05) is 0 Å². The molecule has 0 amide bonds. The molecular weight excluding hydrogens is 269 g/mol. The summed E-state index contributed by atoms with van der Waals surface area (Å²) in [6, 6.07) is -1.08. The maximum Gasteiger partial charge on any atom is 0.393 e. The van der Waals surface area contributed by atoms with Gasteiger partial charge in [0.05, 0.1) is 11.2 Å². The van der Waals surface area contributed by atoms with Crippen molar-refractivity contribution < 1.29 is 21.6 Å². The zero-order valence-corrected chi connectivity index (χ0v) is 11.2. The molecule has 2 unspecified atom stereocenters. The van der Waals surface area contributed by atoms with Gasteiger partial charge < -0.3 is 5.32 Å². The summed E-state index contributed by atoms with van der Waals surface area (Å²) < 4.78 is 64.2. The molecule has 1 fully saturated rings. The molecule has 0 saturated carbocycles. The fourth-order valence-electron chi connectivity index (χ4n) is 1.92. The van der Waals surface area contributed by atoms with E-state index in [1.54, 1.807) is 0 Å². The van der Waals surface area contributed by atoms with Gasteiger partial charge in [0, 0.05) is 6.04 Å². The lowest BCUT2D eigenvalue weighted by Gasteiger charge is -2.28. The fourth-order valence-corrected chi connectivity index (χ4v) is 2.90. The van der Waals surface area contributed by atoms with Gasteiger partial charge in [0.15, 0.2) is 0 Å². The summed E-state index contributed by atoms with van der Waals surface area (Å²) in [7, 11) is -3.69. The second-order valence-corrected chi connectivity index (χ2v) is 7.06. The molecule has 1 saturated heterocycles. The van der Waals surface area contributed by atoms with Crippen LogP contribution in [0.2, 0.25) is 0 Å². The largest absolute Gasteiger partial charge is 0.393 e. The molecule has 1 heterocycles. The number of nitrogens with one attached hydrogen (secondary N) is 2. The Balaban J connectivity index is 2.87. The molecule has 1 aliphatic heterocycles. The Morgan fingerprint density at radius 3 is 2.28 bits per heavy atom. The first kappa shape index (κ1) is 15.7. The van der Waals surface area contributed by atoms with Crippen LogP contribution in [0.5, 0.6) is 0 Å². The molecule has 2 atom stereocenters. The Morgan fingerprint density at radius 2 is 1.78 bits per heavy atom. The van der Waals surface area contributed by atoms with E-state index in [9.17, 15) is 21.6 Å². The lowest BCUT2D eigenvalue weighted by molar-refractivity contribution is -0.181. The third-order valence-electron chi connectivity index (χ3n) is 3.11. The first-order valence-electron chi connectivity index (χ1n) is 5.93. The average Bonchev–Trinajstić information content (AvgIpc) is 2.41. The van der Waals surface area contributed by atoms with E-state index in [0.717, 1.165) is 0 Å². The third-order valence-corrected chi connectivity index (χ3v) is 4.98. The standard InChI is InChI=1S/C10H19F3N2O2S/c1-7(2)18(16,17)15-9-4-6-14-5-3-8(9)10(11,12)13/h7-9,14-15H,3-6H2,1-2H3. The summed E-state index contributed by atoms with van der Waals surface area (Å²) in [6.45, 7) is 3.53. The highest BCUT2D eigenvalue weighted by Crippen LogP contribution is 2.33. The van der Waals surface area contributed by atoms with Crippen LogP contribution in [0.25, 0.3) is 0 Å². The van der Waals surface area contributed by atoms with Crippen molar-refractivity contribution in [3.05, 3.63) is 0 Å². The van der Waals surface area contributed by atoms with Crippen LogP contribution >= 0.6 is 0 Å². The average molecular weight is 288 g/mol. The number of hydrogen-bond donors (Lipinski definition) is 2. The van der Waals surface area contributed by atoms with Gasteiger partial charge in [-0.15, -0.1) is 0 Å². The maximum atomic E-state index is 12.9. The van der Waals surface area contributed by atoms with Gasteiger partial charge in [-0.1, -0.05) is 0 Å². The second kappa shape index (κ2) is 5.75. The zero-order valence-electron chi connectivity index (χ0n) is 10.4. The minimum Gasteiger partial charge on any atom is -0.317 e. The van der Waals surface area contributed by atoms with Crippen LogP contribution in [0.1, 0.15) is 26.7 Å². The second-order valence-electron chi connectivity index (χ2n) is 4.79. The lowest BCUT2D eigenvalue weighted by Crippen LogP contribution is -2.47. The SMILES string of the molecule is CC(C)S(=O)(=O)NC1CCNCCC1C(F)(F)F. The summed E-state index contributed by atoms with van der Waals surface area (Å²) in [5.41, 5.74) is 0. The van der Waals surface area contributed by atoms with Gasteiger partial charge in [0.25, 0.3) is 0 Å². The number of sulfonamides is 1. The van der Waals surface area contributed by atoms with Crippen molar-refractivity contribution in [1.29, 1.82) is 0 Å². The van der Waals surface area contributed by atoms with Crippen LogP contribution in [0.3, 0.4) is 0 Å². The predicted molar refractivity (Wildman–Crippen MR) is 62.6 cm³/mol. The van der Waals surface area contributed by atoms with Gasteiger partial charge in [0.1, 0.15) is 0 Å². The quantitative estimate of drug-likeness (QED) is 0.821. The first-order chi connectivity index (χ1) is 8.14. The van der Waals surface area contributed by atoms with Crippen LogP contribution in [0.4, 0.5) is 13.2 Å². The van der Waals surface area contributed by atoms with Gasteiger partial charge in [-0.05, 0) is 39.8 Å². The summed E-state index contributed by atoms with van der Waals surface area (Å²) in [6.07, 6.45) is -4.33. The van der Waals surface area contributed by atoms with E-state index in [4.69, 9.17) is 0 Å². The summed E-state index contributed by atoms with van der Waals surface area (Å²) in [5.74, 6) is -1.62. The molecular formula is C10H19F3N2O2S. The van der Waals surface area contributed by atoms with Crippen molar-refractivity contribution >= 4 is 10.0 Å². The molecule has 0 spiro atoms. The van der Waals surface area contributed by atoms with Crippen molar-refractivity contribution in [2.24, 2.45) is 5.92 Å². The van der Waals surface area contributed by atoms with Gasteiger partial charge in [0.2, 0.25) is 10.0 Å². The van der Waals surface area contributed by atoms with E-state index >= 15 is 0 Å². The molecule has 8 heteroatoms. The molecule has 18 heavy (non-hydrogen) atoms. The topological polar surface area (TPSA) is 58.2 Å². The zero-order chi connectivity index (χ0) is 14.0. The van der Waals surface area contributed by atoms with Crippen molar-refractivity contribution in [2.75, 3.05) is 13.1 Å². The van der Waals surface area contributed by atoms with Gasteiger partial charge in [-0.3, -0.25) is 0 Å². The van der Waals surface area contributed by atoms with Gasteiger partial charge in [-0.2, -0.15) is 13.2 Å². The smallest absolute Gasteiger partial charge is 0.317 e. The molecule has 0 aromatic rings. The van der Waals surface area contributed by atoms with Crippen molar-refractivity contribution in [3.63, 3.8) is 0 Å². The monoisotopic (exact) mass is 288 g/mol. The van der Waals surface area contributed by atoms with E-state index in [-0.39, 0.29) is 19.4 Å². The van der Waals surface area contributed by atoms with Crippen molar-refractivity contribution in [3.8, 4) is 0 Å². The van der Waals surface area contributed by atoms with E-state index in [1.165, 1.54) is 13.8 Å². The Labute approximate surface area is 105 Å². The van der Waals surface area contributed by atoms with Crippen LogP contribution in [-0.2, 0) is 10.0 Å². The summed E-state index contributed by atoms with van der Waals surface area (Å²) in [4.78, 5) is 0. The third kappa shape index (κ3) is 4.10. The maximum absolute atomic E-state index is 12.9. The molecule has 108 valence electrons. The van der Waals surface area contributed by atoms with Gasteiger partial charge in [-0.25, -0.2) is 13.1 Å². The number of hydrogen-bond acceptors (Lipinski definition) is 3. The van der Waals surface area contributed by atoms with E-state index < -0.39 is 33.4 Å². The number of rotatable bonds is 3. The highest BCUT2D eigenvalue weighted by Gasteiger charge is 2.46. The predicted octanol–water partition coefficient (Wildman–Crippen LogP) is 1.24. The molecule has 0 aromatic carbocycles. The first-order valence-corrected chi connectivity index (χ1v) is 7.48. The van der Waals surface area contributed by atoms with Crippen LogP contribution < -0.4 is 10.0 Å². The highest BCUT2D eigenvalue weighted by atomic mass is 32.2. The Bertz CT molecular complexity index is 368.